The molecule has 0 amide bonds. The Morgan fingerprint density at radius 1 is 1.26 bits per heavy atom. The molecule has 0 spiro atoms. The molecule has 100 valence electrons. The van der Waals surface area contributed by atoms with E-state index in [-0.39, 0.29) is 21.5 Å². The minimum Gasteiger partial charge on any atom is -0.285 e. The number of halogens is 3. The number of rotatable bonds is 4. The van der Waals surface area contributed by atoms with Crippen molar-refractivity contribution in [3.8, 4) is 0 Å². The molecule has 0 aliphatic heterocycles. The van der Waals surface area contributed by atoms with Crippen molar-refractivity contribution in [1.29, 1.82) is 0 Å². The van der Waals surface area contributed by atoms with E-state index in [9.17, 15) is 4.79 Å². The second kappa shape index (κ2) is 5.90. The van der Waals surface area contributed by atoms with Crippen molar-refractivity contribution >= 4 is 40.6 Å². The monoisotopic (exact) mass is 317 g/mol. The summed E-state index contributed by atoms with van der Waals surface area (Å²) in [6.45, 7) is 2.58. The Labute approximate surface area is 125 Å². The topological polar surface area (TPSA) is 47.8 Å². The zero-order valence-corrected chi connectivity index (χ0v) is 12.3. The van der Waals surface area contributed by atoms with Crippen molar-refractivity contribution in [2.75, 3.05) is 0 Å². The molecule has 0 aromatic carbocycles. The van der Waals surface area contributed by atoms with E-state index in [0.29, 0.717) is 17.3 Å². The van der Waals surface area contributed by atoms with E-state index in [1.807, 2.05) is 6.92 Å². The number of carbonyl (C=O) groups is 1. The van der Waals surface area contributed by atoms with Crippen molar-refractivity contribution in [1.82, 2.24) is 14.8 Å². The summed E-state index contributed by atoms with van der Waals surface area (Å²) in [7, 11) is 0. The van der Waals surface area contributed by atoms with E-state index < -0.39 is 0 Å². The maximum atomic E-state index is 12.4. The van der Waals surface area contributed by atoms with E-state index in [2.05, 4.69) is 10.1 Å². The van der Waals surface area contributed by atoms with Gasteiger partial charge in [0.25, 0.3) is 0 Å². The Bertz CT molecular complexity index is 625. The molecule has 2 aromatic rings. The van der Waals surface area contributed by atoms with E-state index in [1.165, 1.54) is 18.5 Å². The van der Waals surface area contributed by atoms with Gasteiger partial charge in [0.1, 0.15) is 11.4 Å². The van der Waals surface area contributed by atoms with Crippen molar-refractivity contribution in [2.24, 2.45) is 0 Å². The van der Waals surface area contributed by atoms with Crippen LogP contribution >= 0.6 is 34.8 Å². The predicted octanol–water partition coefficient (Wildman–Crippen LogP) is 3.88. The first kappa shape index (κ1) is 14.3. The minimum absolute atomic E-state index is 0.116. The number of nitrogens with zero attached hydrogens (tertiary/aromatic N) is 3. The molecular formula is C12H10Cl3N3O. The van der Waals surface area contributed by atoms with Crippen LogP contribution in [-0.4, -0.2) is 20.5 Å². The second-order valence-corrected chi connectivity index (χ2v) is 5.13. The van der Waals surface area contributed by atoms with Gasteiger partial charge in [-0.15, -0.1) is 0 Å². The number of aromatic nitrogens is 3. The summed E-state index contributed by atoms with van der Waals surface area (Å²) in [6, 6.07) is 1.47. The number of carbonyl (C=O) groups excluding carboxylic acids is 1. The number of hydrogen-bond donors (Lipinski definition) is 0. The normalized spacial score (nSPS) is 10.7. The molecule has 0 radical (unpaired) electrons. The van der Waals surface area contributed by atoms with Crippen LogP contribution < -0.4 is 0 Å². The Kier molecular flexibility index (Phi) is 4.45. The molecule has 0 unspecified atom stereocenters. The van der Waals surface area contributed by atoms with Crippen LogP contribution in [0.2, 0.25) is 15.1 Å². The van der Waals surface area contributed by atoms with E-state index >= 15 is 0 Å². The van der Waals surface area contributed by atoms with Crippen LogP contribution in [0, 0.1) is 0 Å². The third-order valence-corrected chi connectivity index (χ3v) is 3.24. The summed E-state index contributed by atoms with van der Waals surface area (Å²) < 4.78 is 1.55. The van der Waals surface area contributed by atoms with Gasteiger partial charge in [0, 0.05) is 12.7 Å². The predicted molar refractivity (Wildman–Crippen MR) is 75.2 cm³/mol. The molecule has 0 atom stereocenters. The van der Waals surface area contributed by atoms with Crippen LogP contribution in [0.4, 0.5) is 0 Å². The Morgan fingerprint density at radius 3 is 2.63 bits per heavy atom. The standard InChI is InChI=1S/C12H10Cl3N3O/c1-2-3-18-11(9(15)6-17-18)12(19)10-8(14)4-7(13)5-16-10/h4-6H,2-3H2,1H3. The summed E-state index contributed by atoms with van der Waals surface area (Å²) >= 11 is 17.7. The first-order chi connectivity index (χ1) is 9.04. The van der Waals surface area contributed by atoms with Gasteiger partial charge in [-0.3, -0.25) is 9.48 Å². The fourth-order valence-corrected chi connectivity index (χ4v) is 2.36. The third-order valence-electron chi connectivity index (χ3n) is 2.47. The van der Waals surface area contributed by atoms with Crippen LogP contribution in [0.1, 0.15) is 29.5 Å². The maximum absolute atomic E-state index is 12.4. The molecule has 7 heteroatoms. The van der Waals surface area contributed by atoms with Crippen LogP contribution in [-0.2, 0) is 6.54 Å². The molecule has 2 rings (SSSR count). The van der Waals surface area contributed by atoms with Crippen LogP contribution in [0.25, 0.3) is 0 Å². The molecule has 19 heavy (non-hydrogen) atoms. The lowest BCUT2D eigenvalue weighted by molar-refractivity contribution is 0.102. The molecule has 0 saturated carbocycles. The van der Waals surface area contributed by atoms with E-state index in [4.69, 9.17) is 34.8 Å². The largest absolute Gasteiger partial charge is 0.285 e. The summed E-state index contributed by atoms with van der Waals surface area (Å²) in [5.41, 5.74) is 0.408. The molecule has 0 aliphatic rings. The highest BCUT2D eigenvalue weighted by molar-refractivity contribution is 6.38. The van der Waals surface area contributed by atoms with Crippen molar-refractivity contribution in [2.45, 2.75) is 19.9 Å². The summed E-state index contributed by atoms with van der Waals surface area (Å²) in [5.74, 6) is -0.363. The molecule has 2 heterocycles. The van der Waals surface area contributed by atoms with Gasteiger partial charge in [-0.25, -0.2) is 4.98 Å². The smallest absolute Gasteiger partial charge is 0.232 e. The summed E-state index contributed by atoms with van der Waals surface area (Å²) in [4.78, 5) is 16.4. The molecule has 0 N–H and O–H groups in total. The highest BCUT2D eigenvalue weighted by atomic mass is 35.5. The Balaban J connectivity index is 2.46. The highest BCUT2D eigenvalue weighted by Crippen LogP contribution is 2.24. The molecule has 0 fully saturated rings. The molecule has 0 aliphatic carbocycles. The fraction of sp³-hybridized carbons (Fsp3) is 0.250. The summed E-state index contributed by atoms with van der Waals surface area (Å²) in [5, 5.41) is 4.91. The zero-order valence-electron chi connectivity index (χ0n) is 10.0. The van der Waals surface area contributed by atoms with Crippen LogP contribution in [0.5, 0.6) is 0 Å². The average molecular weight is 319 g/mol. The minimum atomic E-state index is -0.363. The van der Waals surface area contributed by atoms with Gasteiger partial charge in [0.05, 0.1) is 21.3 Å². The summed E-state index contributed by atoms with van der Waals surface area (Å²) in [6.07, 6.45) is 3.64. The van der Waals surface area contributed by atoms with Gasteiger partial charge in [0.15, 0.2) is 0 Å². The molecule has 0 bridgehead atoms. The maximum Gasteiger partial charge on any atom is 0.232 e. The third kappa shape index (κ3) is 2.91. The number of aryl methyl sites for hydroxylation is 1. The number of ketones is 1. The number of hydrogen-bond acceptors (Lipinski definition) is 3. The Hall–Kier alpha value is -1.10. The molecule has 0 saturated heterocycles. The molecular weight excluding hydrogens is 309 g/mol. The van der Waals surface area contributed by atoms with Gasteiger partial charge in [-0.2, -0.15) is 5.10 Å². The quantitative estimate of drug-likeness (QED) is 0.804. The lowest BCUT2D eigenvalue weighted by Gasteiger charge is -2.06. The lowest BCUT2D eigenvalue weighted by atomic mass is 10.2. The van der Waals surface area contributed by atoms with Gasteiger partial charge in [-0.1, -0.05) is 41.7 Å². The zero-order chi connectivity index (χ0) is 14.0. The van der Waals surface area contributed by atoms with Crippen molar-refractivity contribution in [3.05, 3.63) is 44.9 Å². The van der Waals surface area contributed by atoms with Crippen molar-refractivity contribution < 1.29 is 4.79 Å². The average Bonchev–Trinajstić information content (AvgIpc) is 2.70. The second-order valence-electron chi connectivity index (χ2n) is 3.88. The first-order valence-electron chi connectivity index (χ1n) is 5.61. The van der Waals surface area contributed by atoms with Crippen LogP contribution in [0.15, 0.2) is 18.5 Å². The van der Waals surface area contributed by atoms with Gasteiger partial charge < -0.3 is 0 Å². The first-order valence-corrected chi connectivity index (χ1v) is 6.75. The van der Waals surface area contributed by atoms with E-state index in [0.717, 1.165) is 6.42 Å². The van der Waals surface area contributed by atoms with Crippen LogP contribution in [0.3, 0.4) is 0 Å². The Morgan fingerprint density at radius 2 is 2.00 bits per heavy atom. The lowest BCUT2D eigenvalue weighted by Crippen LogP contribution is -2.13. The molecule has 2 aromatic heterocycles. The fourth-order valence-electron chi connectivity index (χ4n) is 1.66. The van der Waals surface area contributed by atoms with E-state index in [1.54, 1.807) is 4.68 Å². The van der Waals surface area contributed by atoms with Gasteiger partial charge in [-0.05, 0) is 12.5 Å². The molecule has 4 nitrogen and oxygen atoms in total. The number of pyridine rings is 1. The highest BCUT2D eigenvalue weighted by Gasteiger charge is 2.22. The SMILES string of the molecule is CCCn1ncc(Cl)c1C(=O)c1ncc(Cl)cc1Cl. The van der Waals surface area contributed by atoms with Gasteiger partial charge in [0.2, 0.25) is 5.78 Å². The van der Waals surface area contributed by atoms with Crippen molar-refractivity contribution in [3.63, 3.8) is 0 Å². The van der Waals surface area contributed by atoms with Gasteiger partial charge >= 0.3 is 0 Å².